The number of non-ortho nitro benzene ring substituents is 1. The van der Waals surface area contributed by atoms with E-state index in [4.69, 9.17) is 0 Å². The first kappa shape index (κ1) is 18.9. The highest BCUT2D eigenvalue weighted by molar-refractivity contribution is 6.10. The summed E-state index contributed by atoms with van der Waals surface area (Å²) in [4.78, 5) is 26.6. The summed E-state index contributed by atoms with van der Waals surface area (Å²) in [5.41, 5.74) is 5.15. The number of nitrogens with zero attached hydrogens (tertiary/aromatic N) is 2. The first-order chi connectivity index (χ1) is 14.5. The molecule has 0 radical (unpaired) electrons. The quantitative estimate of drug-likeness (QED) is 0.264. The average Bonchev–Trinajstić information content (AvgIpc) is 3.13. The second-order valence-corrected chi connectivity index (χ2v) is 6.52. The number of rotatable bonds is 5. The Labute approximate surface area is 170 Å². The molecule has 1 aromatic heterocycles. The molecule has 4 aromatic rings. The number of hydrogen-bond acceptors (Lipinski definition) is 5. The molecule has 0 saturated carbocycles. The van der Waals surface area contributed by atoms with Crippen molar-refractivity contribution >= 4 is 28.7 Å². The summed E-state index contributed by atoms with van der Waals surface area (Å²) >= 11 is 0. The number of H-pyrrole nitrogens is 1. The minimum atomic E-state index is -0.496. The van der Waals surface area contributed by atoms with Crippen LogP contribution in [0.1, 0.15) is 16.1 Å². The molecule has 1 amide bonds. The Bertz CT molecular complexity index is 1280. The van der Waals surface area contributed by atoms with Gasteiger partial charge in [0.25, 0.3) is 11.6 Å². The zero-order valence-electron chi connectivity index (χ0n) is 15.6. The maximum absolute atomic E-state index is 12.8. The van der Waals surface area contributed by atoms with E-state index in [1.54, 1.807) is 18.2 Å². The van der Waals surface area contributed by atoms with Crippen LogP contribution in [0.4, 0.5) is 5.69 Å². The summed E-state index contributed by atoms with van der Waals surface area (Å²) in [6.45, 7) is 0. The zero-order chi connectivity index (χ0) is 21.1. The number of nitrogens with one attached hydrogen (secondary N) is 2. The lowest BCUT2D eigenvalue weighted by Crippen LogP contribution is -2.18. The van der Waals surface area contributed by atoms with Gasteiger partial charge in [0.2, 0.25) is 0 Å². The standard InChI is InChI=1S/C22H16N4O4/c27-17-8-4-5-14(11-17)13-23-25-22(28)21-20(15-6-2-1-3-7-15)18-12-16(26(29)30)9-10-19(18)24-21/h1-13,24,27H,(H,25,28). The predicted molar refractivity (Wildman–Crippen MR) is 114 cm³/mol. The van der Waals surface area contributed by atoms with Crippen molar-refractivity contribution in [3.8, 4) is 16.9 Å². The Hall–Kier alpha value is -4.46. The second kappa shape index (κ2) is 7.88. The van der Waals surface area contributed by atoms with E-state index in [-0.39, 0.29) is 17.1 Å². The van der Waals surface area contributed by atoms with Gasteiger partial charge >= 0.3 is 0 Å². The molecule has 0 bridgehead atoms. The van der Waals surface area contributed by atoms with Gasteiger partial charge in [0.1, 0.15) is 11.4 Å². The number of benzene rings is 3. The van der Waals surface area contributed by atoms with Gasteiger partial charge in [-0.2, -0.15) is 5.10 Å². The lowest BCUT2D eigenvalue weighted by molar-refractivity contribution is -0.384. The fourth-order valence-electron chi connectivity index (χ4n) is 3.19. The van der Waals surface area contributed by atoms with Gasteiger partial charge in [-0.05, 0) is 29.3 Å². The molecule has 0 saturated heterocycles. The number of aromatic nitrogens is 1. The van der Waals surface area contributed by atoms with Crippen molar-refractivity contribution in [2.75, 3.05) is 0 Å². The molecule has 3 aromatic carbocycles. The normalized spacial score (nSPS) is 11.1. The van der Waals surface area contributed by atoms with E-state index in [2.05, 4.69) is 15.5 Å². The number of hydrogen-bond donors (Lipinski definition) is 3. The van der Waals surface area contributed by atoms with Crippen LogP contribution in [-0.4, -0.2) is 27.1 Å². The Kier molecular flexibility index (Phi) is 4.96. The first-order valence-electron chi connectivity index (χ1n) is 9.01. The highest BCUT2D eigenvalue weighted by atomic mass is 16.6. The average molecular weight is 400 g/mol. The Balaban J connectivity index is 1.74. The molecular formula is C22H16N4O4. The van der Waals surface area contributed by atoms with E-state index in [0.717, 1.165) is 5.56 Å². The molecule has 0 aliphatic carbocycles. The van der Waals surface area contributed by atoms with Gasteiger partial charge in [-0.25, -0.2) is 5.43 Å². The van der Waals surface area contributed by atoms with Crippen LogP contribution < -0.4 is 5.43 Å². The smallest absolute Gasteiger partial charge is 0.288 e. The summed E-state index contributed by atoms with van der Waals surface area (Å²) in [5.74, 6) is -0.405. The number of fused-ring (bicyclic) bond motifs is 1. The van der Waals surface area contributed by atoms with Crippen LogP contribution in [0.5, 0.6) is 5.75 Å². The number of phenols is 1. The van der Waals surface area contributed by atoms with Crippen LogP contribution in [0, 0.1) is 10.1 Å². The number of carbonyl (C=O) groups excluding carboxylic acids is 1. The minimum Gasteiger partial charge on any atom is -0.508 e. The Morgan fingerprint density at radius 1 is 1.07 bits per heavy atom. The molecule has 8 heteroatoms. The predicted octanol–water partition coefficient (Wildman–Crippen LogP) is 4.21. The maximum atomic E-state index is 12.8. The fraction of sp³-hybridized carbons (Fsp3) is 0. The van der Waals surface area contributed by atoms with Crippen LogP contribution in [0.25, 0.3) is 22.0 Å². The van der Waals surface area contributed by atoms with Crippen molar-refractivity contribution in [3.05, 3.63) is 94.2 Å². The monoisotopic (exact) mass is 400 g/mol. The molecule has 1 heterocycles. The molecule has 30 heavy (non-hydrogen) atoms. The summed E-state index contributed by atoms with van der Waals surface area (Å²) in [5, 5.41) is 25.2. The zero-order valence-corrected chi connectivity index (χ0v) is 15.6. The summed E-state index contributed by atoms with van der Waals surface area (Å²) in [7, 11) is 0. The molecule has 3 N–H and O–H groups in total. The molecule has 4 rings (SSSR count). The fourth-order valence-corrected chi connectivity index (χ4v) is 3.19. The lowest BCUT2D eigenvalue weighted by atomic mass is 10.0. The third-order valence-corrected chi connectivity index (χ3v) is 4.53. The first-order valence-corrected chi connectivity index (χ1v) is 9.01. The summed E-state index contributed by atoms with van der Waals surface area (Å²) in [6.07, 6.45) is 1.41. The molecule has 0 spiro atoms. The minimum absolute atomic E-state index is 0.0625. The molecule has 0 aliphatic rings. The van der Waals surface area contributed by atoms with Gasteiger partial charge < -0.3 is 10.1 Å². The van der Waals surface area contributed by atoms with E-state index in [1.807, 2.05) is 30.3 Å². The number of aromatic amines is 1. The van der Waals surface area contributed by atoms with Crippen LogP contribution in [-0.2, 0) is 0 Å². The van der Waals surface area contributed by atoms with Gasteiger partial charge in [0.05, 0.1) is 11.1 Å². The lowest BCUT2D eigenvalue weighted by Gasteiger charge is -2.04. The maximum Gasteiger partial charge on any atom is 0.288 e. The third kappa shape index (κ3) is 3.74. The van der Waals surface area contributed by atoms with Gasteiger partial charge in [-0.3, -0.25) is 14.9 Å². The number of nitro groups is 1. The van der Waals surface area contributed by atoms with Crippen LogP contribution in [0.2, 0.25) is 0 Å². The number of nitro benzene ring substituents is 1. The topological polar surface area (TPSA) is 121 Å². The van der Waals surface area contributed by atoms with Gasteiger partial charge in [-0.15, -0.1) is 0 Å². The van der Waals surface area contributed by atoms with E-state index in [9.17, 15) is 20.0 Å². The van der Waals surface area contributed by atoms with Crippen molar-refractivity contribution < 1.29 is 14.8 Å². The number of carbonyl (C=O) groups is 1. The van der Waals surface area contributed by atoms with Crippen LogP contribution >= 0.6 is 0 Å². The van der Waals surface area contributed by atoms with E-state index in [0.29, 0.717) is 22.0 Å². The van der Waals surface area contributed by atoms with E-state index in [1.165, 1.54) is 30.5 Å². The van der Waals surface area contributed by atoms with Gasteiger partial charge in [0.15, 0.2) is 0 Å². The Morgan fingerprint density at radius 2 is 1.87 bits per heavy atom. The SMILES string of the molecule is O=C(NN=Cc1cccc(O)c1)c1[nH]c2ccc([N+](=O)[O-])cc2c1-c1ccccc1. The molecule has 0 aliphatic heterocycles. The van der Waals surface area contributed by atoms with Crippen molar-refractivity contribution in [2.45, 2.75) is 0 Å². The van der Waals surface area contributed by atoms with Crippen LogP contribution in [0.3, 0.4) is 0 Å². The van der Waals surface area contributed by atoms with Crippen molar-refractivity contribution in [1.29, 1.82) is 0 Å². The highest BCUT2D eigenvalue weighted by Crippen LogP contribution is 2.34. The van der Waals surface area contributed by atoms with Crippen LogP contribution in [0.15, 0.2) is 77.9 Å². The van der Waals surface area contributed by atoms with Gasteiger partial charge in [-0.1, -0.05) is 42.5 Å². The number of phenolic OH excluding ortho intramolecular Hbond substituents is 1. The van der Waals surface area contributed by atoms with Crippen molar-refractivity contribution in [1.82, 2.24) is 10.4 Å². The molecule has 0 fully saturated rings. The second-order valence-electron chi connectivity index (χ2n) is 6.52. The molecule has 0 unspecified atom stereocenters. The van der Waals surface area contributed by atoms with E-state index >= 15 is 0 Å². The Morgan fingerprint density at radius 3 is 2.60 bits per heavy atom. The third-order valence-electron chi connectivity index (χ3n) is 4.53. The van der Waals surface area contributed by atoms with E-state index < -0.39 is 10.8 Å². The largest absolute Gasteiger partial charge is 0.508 e. The molecular weight excluding hydrogens is 384 g/mol. The molecule has 148 valence electrons. The van der Waals surface area contributed by atoms with Gasteiger partial charge in [0, 0.05) is 28.6 Å². The van der Waals surface area contributed by atoms with Crippen molar-refractivity contribution in [3.63, 3.8) is 0 Å². The number of aromatic hydroxyl groups is 1. The number of amides is 1. The number of hydrazone groups is 1. The molecule has 0 atom stereocenters. The summed E-state index contributed by atoms with van der Waals surface area (Å²) in [6, 6.07) is 20.0. The van der Waals surface area contributed by atoms with Crippen molar-refractivity contribution in [2.24, 2.45) is 5.10 Å². The highest BCUT2D eigenvalue weighted by Gasteiger charge is 2.21. The summed E-state index contributed by atoms with van der Waals surface area (Å²) < 4.78 is 0. The molecule has 8 nitrogen and oxygen atoms in total.